The number of nitrogens with one attached hydrogen (secondary N) is 1. The van der Waals surface area contributed by atoms with Crippen molar-refractivity contribution in [1.82, 2.24) is 9.97 Å². The van der Waals surface area contributed by atoms with Crippen LogP contribution in [0.3, 0.4) is 0 Å². The molecule has 2 aromatic rings. The minimum Gasteiger partial charge on any atom is -0.373 e. The number of rotatable bonds is 3. The lowest BCUT2D eigenvalue weighted by molar-refractivity contribution is 0.924. The minimum absolute atomic E-state index is 0.496. The number of benzene rings is 1. The van der Waals surface area contributed by atoms with Crippen LogP contribution in [0.1, 0.15) is 30.1 Å². The molecule has 104 valence electrons. The highest BCUT2D eigenvalue weighted by Crippen LogP contribution is 2.40. The molecule has 0 spiro atoms. The van der Waals surface area contributed by atoms with Crippen molar-refractivity contribution in [3.63, 3.8) is 0 Å². The van der Waals surface area contributed by atoms with Gasteiger partial charge in [0.2, 0.25) is 0 Å². The number of aromatic nitrogens is 2. The molecule has 1 saturated carbocycles. The van der Waals surface area contributed by atoms with Crippen LogP contribution in [-0.2, 0) is 0 Å². The molecular formula is C15H15Cl2N3. The van der Waals surface area contributed by atoms with E-state index >= 15 is 0 Å². The van der Waals surface area contributed by atoms with Gasteiger partial charge in [0, 0.05) is 34.1 Å². The van der Waals surface area contributed by atoms with Gasteiger partial charge in [-0.25, -0.2) is 9.97 Å². The summed E-state index contributed by atoms with van der Waals surface area (Å²) in [6.07, 6.45) is 2.34. The molecule has 3 rings (SSSR count). The van der Waals surface area contributed by atoms with E-state index in [2.05, 4.69) is 10.3 Å². The van der Waals surface area contributed by atoms with Crippen molar-refractivity contribution in [3.05, 3.63) is 39.6 Å². The molecule has 0 saturated heterocycles. The second-order valence-corrected chi connectivity index (χ2v) is 5.96. The van der Waals surface area contributed by atoms with Gasteiger partial charge in [-0.1, -0.05) is 23.2 Å². The lowest BCUT2D eigenvalue weighted by Gasteiger charge is -2.12. The lowest BCUT2D eigenvalue weighted by atomic mass is 10.1. The third-order valence-corrected chi connectivity index (χ3v) is 3.91. The zero-order chi connectivity index (χ0) is 14.3. The van der Waals surface area contributed by atoms with Crippen LogP contribution >= 0.6 is 23.2 Å². The smallest absolute Gasteiger partial charge is 0.134 e. The van der Waals surface area contributed by atoms with E-state index in [4.69, 9.17) is 28.2 Å². The molecular weight excluding hydrogens is 293 g/mol. The largest absolute Gasteiger partial charge is 0.373 e. The molecule has 0 aliphatic heterocycles. The number of nitrogens with zero attached hydrogens (tertiary/aromatic N) is 2. The quantitative estimate of drug-likeness (QED) is 0.894. The standard InChI is InChI=1S/C15H15Cl2N3/c1-8-13(10-5-11(16)7-12(17)6-10)19-15(9-3-4-9)20-14(8)18-2/h5-7,9H,3-4H2,1-2H3,(H,18,19,20). The van der Waals surface area contributed by atoms with Crippen LogP contribution in [0.5, 0.6) is 0 Å². The van der Waals surface area contributed by atoms with Crippen LogP contribution in [0.4, 0.5) is 5.82 Å². The summed E-state index contributed by atoms with van der Waals surface area (Å²) in [5.74, 6) is 2.27. The Morgan fingerprint density at radius 1 is 1.10 bits per heavy atom. The summed E-state index contributed by atoms with van der Waals surface area (Å²) in [5.41, 5.74) is 2.84. The maximum atomic E-state index is 6.10. The van der Waals surface area contributed by atoms with E-state index in [1.807, 2.05) is 26.1 Å². The highest BCUT2D eigenvalue weighted by molar-refractivity contribution is 6.35. The molecule has 0 atom stereocenters. The minimum atomic E-state index is 0.496. The molecule has 0 unspecified atom stereocenters. The van der Waals surface area contributed by atoms with Crippen molar-refractivity contribution < 1.29 is 0 Å². The zero-order valence-corrected chi connectivity index (χ0v) is 12.9. The Kier molecular flexibility index (Phi) is 3.57. The predicted molar refractivity (Wildman–Crippen MR) is 83.7 cm³/mol. The Hall–Kier alpha value is -1.32. The first kappa shape index (κ1) is 13.7. The topological polar surface area (TPSA) is 37.8 Å². The summed E-state index contributed by atoms with van der Waals surface area (Å²) in [6.45, 7) is 2.01. The van der Waals surface area contributed by atoms with Gasteiger partial charge in [-0.05, 0) is 38.0 Å². The zero-order valence-electron chi connectivity index (χ0n) is 11.4. The van der Waals surface area contributed by atoms with Gasteiger partial charge >= 0.3 is 0 Å². The summed E-state index contributed by atoms with van der Waals surface area (Å²) in [7, 11) is 1.88. The van der Waals surface area contributed by atoms with Crippen LogP contribution in [0.15, 0.2) is 18.2 Å². The summed E-state index contributed by atoms with van der Waals surface area (Å²) >= 11 is 12.2. The van der Waals surface area contributed by atoms with E-state index in [1.165, 1.54) is 12.8 Å². The highest BCUT2D eigenvalue weighted by Gasteiger charge is 2.28. The van der Waals surface area contributed by atoms with E-state index in [1.54, 1.807) is 6.07 Å². The Bertz CT molecular complexity index is 646. The molecule has 1 aromatic carbocycles. The molecule has 0 bridgehead atoms. The van der Waals surface area contributed by atoms with Crippen LogP contribution in [-0.4, -0.2) is 17.0 Å². The van der Waals surface area contributed by atoms with E-state index < -0.39 is 0 Å². The maximum absolute atomic E-state index is 6.10. The van der Waals surface area contributed by atoms with Crippen molar-refractivity contribution in [2.75, 3.05) is 12.4 Å². The van der Waals surface area contributed by atoms with Gasteiger partial charge in [0.1, 0.15) is 11.6 Å². The predicted octanol–water partition coefficient (Wildman–Crippen LogP) is 4.68. The third kappa shape index (κ3) is 2.60. The average molecular weight is 308 g/mol. The van der Waals surface area contributed by atoms with Gasteiger partial charge in [-0.3, -0.25) is 0 Å². The fourth-order valence-corrected chi connectivity index (χ4v) is 2.80. The van der Waals surface area contributed by atoms with E-state index in [0.717, 1.165) is 28.5 Å². The first-order chi connectivity index (χ1) is 9.58. The first-order valence-corrected chi connectivity index (χ1v) is 7.37. The Labute approximate surface area is 128 Å². The Morgan fingerprint density at radius 2 is 1.75 bits per heavy atom. The molecule has 3 nitrogen and oxygen atoms in total. The van der Waals surface area contributed by atoms with Crippen molar-refractivity contribution in [2.45, 2.75) is 25.7 Å². The molecule has 1 fully saturated rings. The maximum Gasteiger partial charge on any atom is 0.134 e. The molecule has 1 N–H and O–H groups in total. The Balaban J connectivity index is 2.18. The third-order valence-electron chi connectivity index (χ3n) is 3.48. The van der Waals surface area contributed by atoms with Crippen molar-refractivity contribution in [1.29, 1.82) is 0 Å². The van der Waals surface area contributed by atoms with Crippen molar-refractivity contribution in [2.24, 2.45) is 0 Å². The second kappa shape index (κ2) is 5.23. The lowest BCUT2D eigenvalue weighted by Crippen LogP contribution is -2.04. The van der Waals surface area contributed by atoms with Crippen LogP contribution < -0.4 is 5.32 Å². The molecule has 20 heavy (non-hydrogen) atoms. The number of hydrogen-bond donors (Lipinski definition) is 1. The number of hydrogen-bond acceptors (Lipinski definition) is 3. The van der Waals surface area contributed by atoms with Gasteiger partial charge in [-0.15, -0.1) is 0 Å². The van der Waals surface area contributed by atoms with Crippen molar-refractivity contribution >= 4 is 29.0 Å². The SMILES string of the molecule is CNc1nc(C2CC2)nc(-c2cc(Cl)cc(Cl)c2)c1C. The molecule has 1 heterocycles. The summed E-state index contributed by atoms with van der Waals surface area (Å²) in [6, 6.07) is 5.50. The summed E-state index contributed by atoms with van der Waals surface area (Å²) < 4.78 is 0. The fraction of sp³-hybridized carbons (Fsp3) is 0.333. The molecule has 1 aliphatic rings. The van der Waals surface area contributed by atoms with E-state index in [9.17, 15) is 0 Å². The highest BCUT2D eigenvalue weighted by atomic mass is 35.5. The van der Waals surface area contributed by atoms with Gasteiger partial charge < -0.3 is 5.32 Å². The molecule has 1 aromatic heterocycles. The molecule has 1 aliphatic carbocycles. The van der Waals surface area contributed by atoms with Gasteiger partial charge in [0.05, 0.1) is 5.69 Å². The van der Waals surface area contributed by atoms with Gasteiger partial charge in [0.25, 0.3) is 0 Å². The first-order valence-electron chi connectivity index (χ1n) is 6.61. The molecule has 0 radical (unpaired) electrons. The van der Waals surface area contributed by atoms with Crippen LogP contribution in [0, 0.1) is 6.92 Å². The van der Waals surface area contributed by atoms with E-state index in [0.29, 0.717) is 16.0 Å². The fourth-order valence-electron chi connectivity index (χ4n) is 2.27. The van der Waals surface area contributed by atoms with Crippen LogP contribution in [0.2, 0.25) is 10.0 Å². The van der Waals surface area contributed by atoms with Crippen LogP contribution in [0.25, 0.3) is 11.3 Å². The molecule has 0 amide bonds. The Morgan fingerprint density at radius 3 is 2.30 bits per heavy atom. The average Bonchev–Trinajstić information content (AvgIpc) is 3.22. The summed E-state index contributed by atoms with van der Waals surface area (Å²) in [4.78, 5) is 9.32. The number of anilines is 1. The van der Waals surface area contributed by atoms with Crippen molar-refractivity contribution in [3.8, 4) is 11.3 Å². The second-order valence-electron chi connectivity index (χ2n) is 5.09. The number of halogens is 2. The van der Waals surface area contributed by atoms with Gasteiger partial charge in [-0.2, -0.15) is 0 Å². The van der Waals surface area contributed by atoms with Gasteiger partial charge in [0.15, 0.2) is 0 Å². The normalized spacial score (nSPS) is 14.4. The monoisotopic (exact) mass is 307 g/mol. The molecule has 5 heteroatoms. The summed E-state index contributed by atoms with van der Waals surface area (Å²) in [5, 5.41) is 4.37. The van der Waals surface area contributed by atoms with E-state index in [-0.39, 0.29) is 0 Å².